The second kappa shape index (κ2) is 3.79. The fourth-order valence-corrected chi connectivity index (χ4v) is 1.37. The van der Waals surface area contributed by atoms with Crippen LogP contribution in [0.25, 0.3) is 11.0 Å². The first-order valence-electron chi connectivity index (χ1n) is 4.81. The highest BCUT2D eigenvalue weighted by atomic mass is 14.8. The largest absolute Gasteiger partial charge is 0.319 e. The summed E-state index contributed by atoms with van der Waals surface area (Å²) in [6.07, 6.45) is 1.71. The minimum Gasteiger partial charge on any atom is -0.319 e. The predicted octanol–water partition coefficient (Wildman–Crippen LogP) is 2.21. The molecule has 0 aliphatic rings. The Morgan fingerprint density at radius 3 is 2.67 bits per heavy atom. The van der Waals surface area contributed by atoms with Crippen molar-refractivity contribution in [3.05, 3.63) is 48.3 Å². The van der Waals surface area contributed by atoms with Crippen molar-refractivity contribution >= 4 is 11.0 Å². The van der Waals surface area contributed by atoms with Gasteiger partial charge in [0.15, 0.2) is 0 Å². The average molecular weight is 199 g/mol. The molecule has 0 bridgehead atoms. The molecule has 3 nitrogen and oxygen atoms in total. The maximum absolute atomic E-state index is 5.93. The first-order chi connectivity index (χ1) is 7.18. The Hall–Kier alpha value is -1.74. The molecule has 0 fully saturated rings. The minimum absolute atomic E-state index is 0.234. The number of nitrogens with zero attached hydrogens (tertiary/aromatic N) is 2. The van der Waals surface area contributed by atoms with E-state index >= 15 is 0 Å². The van der Waals surface area contributed by atoms with Gasteiger partial charge in [0.2, 0.25) is 0 Å². The highest BCUT2D eigenvalue weighted by molar-refractivity contribution is 5.73. The number of rotatable bonds is 2. The first-order valence-corrected chi connectivity index (χ1v) is 4.81. The molecule has 15 heavy (non-hydrogen) atoms. The van der Waals surface area contributed by atoms with Crippen LogP contribution in [-0.2, 0) is 0 Å². The van der Waals surface area contributed by atoms with Gasteiger partial charge in [0, 0.05) is 0 Å². The van der Waals surface area contributed by atoms with Gasteiger partial charge in [-0.25, -0.2) is 4.98 Å². The van der Waals surface area contributed by atoms with Crippen molar-refractivity contribution in [3.8, 4) is 0 Å². The molecule has 0 radical (unpaired) electrons. The smallest absolute Gasteiger partial charge is 0.0890 e. The highest BCUT2D eigenvalue weighted by Crippen LogP contribution is 2.16. The van der Waals surface area contributed by atoms with Gasteiger partial charge in [-0.1, -0.05) is 24.3 Å². The van der Waals surface area contributed by atoms with Crippen LogP contribution in [0.5, 0.6) is 0 Å². The molecule has 1 aromatic carbocycles. The van der Waals surface area contributed by atoms with Gasteiger partial charge in [-0.3, -0.25) is 4.98 Å². The van der Waals surface area contributed by atoms with E-state index in [9.17, 15) is 0 Å². The third-order valence-electron chi connectivity index (χ3n) is 2.32. The Morgan fingerprint density at radius 2 is 2.00 bits per heavy atom. The lowest BCUT2D eigenvalue weighted by molar-refractivity contribution is 0.810. The summed E-state index contributed by atoms with van der Waals surface area (Å²) in [5.74, 6) is 0. The maximum atomic E-state index is 5.93. The van der Waals surface area contributed by atoms with Crippen molar-refractivity contribution in [2.24, 2.45) is 5.73 Å². The van der Waals surface area contributed by atoms with Gasteiger partial charge in [-0.2, -0.15) is 0 Å². The quantitative estimate of drug-likeness (QED) is 0.754. The zero-order valence-corrected chi connectivity index (χ0v) is 8.64. The number of benzene rings is 1. The van der Waals surface area contributed by atoms with Crippen LogP contribution < -0.4 is 5.73 Å². The Bertz CT molecular complexity index is 505. The lowest BCUT2D eigenvalue weighted by atomic mass is 10.1. The van der Waals surface area contributed by atoms with Crippen molar-refractivity contribution in [3.63, 3.8) is 0 Å². The van der Waals surface area contributed by atoms with E-state index in [2.05, 4.69) is 16.5 Å². The van der Waals surface area contributed by atoms with Gasteiger partial charge in [0.05, 0.1) is 29.0 Å². The zero-order valence-electron chi connectivity index (χ0n) is 8.64. The van der Waals surface area contributed by atoms with E-state index in [1.807, 2.05) is 31.2 Å². The molecule has 76 valence electrons. The monoisotopic (exact) mass is 199 g/mol. The van der Waals surface area contributed by atoms with Crippen LogP contribution in [0.4, 0.5) is 0 Å². The molecule has 2 N–H and O–H groups in total. The SMILES string of the molecule is C=C(C)C(N)c1cnc2ccccc2n1. The lowest BCUT2D eigenvalue weighted by Crippen LogP contribution is -2.13. The number of para-hydroxylation sites is 2. The van der Waals surface area contributed by atoms with Crippen molar-refractivity contribution in [1.29, 1.82) is 0 Å². The van der Waals surface area contributed by atoms with E-state index < -0.39 is 0 Å². The molecule has 0 spiro atoms. The van der Waals surface area contributed by atoms with E-state index in [1.54, 1.807) is 6.20 Å². The molecule has 0 saturated heterocycles. The number of nitrogens with two attached hydrogens (primary N) is 1. The first kappa shape index (κ1) is 9.80. The van der Waals surface area contributed by atoms with Gasteiger partial charge < -0.3 is 5.73 Å². The van der Waals surface area contributed by atoms with Crippen molar-refractivity contribution in [2.75, 3.05) is 0 Å². The summed E-state index contributed by atoms with van der Waals surface area (Å²) in [6.45, 7) is 5.71. The second-order valence-corrected chi connectivity index (χ2v) is 3.61. The van der Waals surface area contributed by atoms with Gasteiger partial charge in [-0.15, -0.1) is 0 Å². The number of fused-ring (bicyclic) bond motifs is 1. The van der Waals surface area contributed by atoms with E-state index in [4.69, 9.17) is 5.73 Å². The molecule has 2 rings (SSSR count). The Kier molecular flexibility index (Phi) is 2.47. The van der Waals surface area contributed by atoms with Gasteiger partial charge in [0.25, 0.3) is 0 Å². The van der Waals surface area contributed by atoms with Crippen LogP contribution in [0.3, 0.4) is 0 Å². The Balaban J connectivity index is 2.51. The molecule has 0 aliphatic carbocycles. The molecule has 1 atom stereocenters. The Morgan fingerprint density at radius 1 is 1.33 bits per heavy atom. The molecule has 0 aliphatic heterocycles. The molecule has 1 aromatic heterocycles. The van der Waals surface area contributed by atoms with Gasteiger partial charge in [-0.05, 0) is 19.1 Å². The highest BCUT2D eigenvalue weighted by Gasteiger charge is 2.08. The second-order valence-electron chi connectivity index (χ2n) is 3.61. The molecule has 0 saturated carbocycles. The summed E-state index contributed by atoms with van der Waals surface area (Å²) in [4.78, 5) is 8.75. The maximum Gasteiger partial charge on any atom is 0.0890 e. The molecule has 2 aromatic rings. The summed E-state index contributed by atoms with van der Waals surface area (Å²) >= 11 is 0. The summed E-state index contributed by atoms with van der Waals surface area (Å²) in [6, 6.07) is 7.50. The van der Waals surface area contributed by atoms with Crippen LogP contribution in [-0.4, -0.2) is 9.97 Å². The molecule has 1 heterocycles. The normalized spacial score (nSPS) is 12.7. The fraction of sp³-hybridized carbons (Fsp3) is 0.167. The average Bonchev–Trinajstić information content (AvgIpc) is 2.27. The number of aromatic nitrogens is 2. The van der Waals surface area contributed by atoms with E-state index in [0.29, 0.717) is 0 Å². The summed E-state index contributed by atoms with van der Waals surface area (Å²) < 4.78 is 0. The molecule has 0 amide bonds. The topological polar surface area (TPSA) is 51.8 Å². The fourth-order valence-electron chi connectivity index (χ4n) is 1.37. The van der Waals surface area contributed by atoms with Crippen LogP contribution >= 0.6 is 0 Å². The summed E-state index contributed by atoms with van der Waals surface area (Å²) in [5, 5.41) is 0. The zero-order chi connectivity index (χ0) is 10.8. The number of hydrogen-bond acceptors (Lipinski definition) is 3. The minimum atomic E-state index is -0.234. The van der Waals surface area contributed by atoms with Crippen molar-refractivity contribution in [1.82, 2.24) is 9.97 Å². The molecular formula is C12H13N3. The van der Waals surface area contributed by atoms with E-state index in [0.717, 1.165) is 22.3 Å². The van der Waals surface area contributed by atoms with Crippen LogP contribution in [0.1, 0.15) is 18.7 Å². The van der Waals surface area contributed by atoms with Crippen LogP contribution in [0.15, 0.2) is 42.6 Å². The van der Waals surface area contributed by atoms with Crippen LogP contribution in [0, 0.1) is 0 Å². The third-order valence-corrected chi connectivity index (χ3v) is 2.32. The molecule has 3 heteroatoms. The van der Waals surface area contributed by atoms with Crippen molar-refractivity contribution in [2.45, 2.75) is 13.0 Å². The van der Waals surface area contributed by atoms with Gasteiger partial charge >= 0.3 is 0 Å². The molecule has 1 unspecified atom stereocenters. The third kappa shape index (κ3) is 1.87. The Labute approximate surface area is 88.7 Å². The summed E-state index contributed by atoms with van der Waals surface area (Å²) in [5.41, 5.74) is 9.33. The van der Waals surface area contributed by atoms with E-state index in [-0.39, 0.29) is 6.04 Å². The van der Waals surface area contributed by atoms with Crippen LogP contribution in [0.2, 0.25) is 0 Å². The predicted molar refractivity (Wildman–Crippen MR) is 61.3 cm³/mol. The number of hydrogen-bond donors (Lipinski definition) is 1. The molecular weight excluding hydrogens is 186 g/mol. The van der Waals surface area contributed by atoms with Crippen molar-refractivity contribution < 1.29 is 0 Å². The van der Waals surface area contributed by atoms with E-state index in [1.165, 1.54) is 0 Å². The lowest BCUT2D eigenvalue weighted by Gasteiger charge is -2.10. The van der Waals surface area contributed by atoms with Gasteiger partial charge in [0.1, 0.15) is 0 Å². The standard InChI is InChI=1S/C12H13N3/c1-8(2)12(13)11-7-14-9-5-3-4-6-10(9)15-11/h3-7,12H,1,13H2,2H3. The summed E-state index contributed by atoms with van der Waals surface area (Å²) in [7, 11) is 0.